The number of hydrogen-bond donors (Lipinski definition) is 2. The Hall–Kier alpha value is -2.56. The van der Waals surface area contributed by atoms with E-state index in [4.69, 9.17) is 0 Å². The lowest BCUT2D eigenvalue weighted by Crippen LogP contribution is -1.93. The van der Waals surface area contributed by atoms with Crippen molar-refractivity contribution in [2.75, 3.05) is 0 Å². The molecule has 0 radical (unpaired) electrons. The number of fused-ring (bicyclic) bond motifs is 1. The van der Waals surface area contributed by atoms with Crippen LogP contribution in [0.3, 0.4) is 0 Å². The van der Waals surface area contributed by atoms with Crippen molar-refractivity contribution < 1.29 is 14.6 Å². The van der Waals surface area contributed by atoms with E-state index < -0.39 is 0 Å². The maximum absolute atomic E-state index is 13.2. The SMILES string of the molecule is Cn1c(-c2ccc(O)cc2O)nc2ccc(F)cc21. The van der Waals surface area contributed by atoms with Crippen LogP contribution in [-0.2, 0) is 7.05 Å². The van der Waals surface area contributed by atoms with Crippen molar-refractivity contribution in [2.45, 2.75) is 0 Å². The summed E-state index contributed by atoms with van der Waals surface area (Å²) in [5.41, 5.74) is 1.77. The highest BCUT2D eigenvalue weighted by Crippen LogP contribution is 2.32. The molecule has 0 aliphatic heterocycles. The second-order valence-corrected chi connectivity index (χ2v) is 4.33. The van der Waals surface area contributed by atoms with E-state index in [0.29, 0.717) is 22.4 Å². The lowest BCUT2D eigenvalue weighted by atomic mass is 10.2. The van der Waals surface area contributed by atoms with Gasteiger partial charge in [0.25, 0.3) is 0 Å². The molecule has 0 aliphatic carbocycles. The number of nitrogens with zero attached hydrogens (tertiary/aromatic N) is 2. The van der Waals surface area contributed by atoms with Gasteiger partial charge < -0.3 is 14.8 Å². The second-order valence-electron chi connectivity index (χ2n) is 4.33. The normalized spacial score (nSPS) is 11.1. The number of aromatic nitrogens is 2. The molecule has 0 spiro atoms. The third-order valence-corrected chi connectivity index (χ3v) is 3.07. The summed E-state index contributed by atoms with van der Waals surface area (Å²) in [6, 6.07) is 8.61. The van der Waals surface area contributed by atoms with Crippen molar-refractivity contribution in [1.29, 1.82) is 0 Å². The van der Waals surface area contributed by atoms with Gasteiger partial charge in [-0.2, -0.15) is 0 Å². The Labute approximate surface area is 108 Å². The molecule has 3 rings (SSSR count). The molecule has 0 saturated heterocycles. The number of aromatic hydroxyl groups is 2. The summed E-state index contributed by atoms with van der Waals surface area (Å²) in [6.45, 7) is 0. The van der Waals surface area contributed by atoms with Crippen LogP contribution in [0.2, 0.25) is 0 Å². The number of halogens is 1. The molecule has 1 heterocycles. The van der Waals surface area contributed by atoms with Crippen molar-refractivity contribution in [2.24, 2.45) is 7.05 Å². The van der Waals surface area contributed by atoms with Gasteiger partial charge in [0.15, 0.2) is 0 Å². The molecule has 0 fully saturated rings. The topological polar surface area (TPSA) is 58.3 Å². The van der Waals surface area contributed by atoms with Crippen LogP contribution in [0.5, 0.6) is 11.5 Å². The molecule has 4 nitrogen and oxygen atoms in total. The molecule has 0 bridgehead atoms. The van der Waals surface area contributed by atoms with Crippen molar-refractivity contribution in [3.05, 3.63) is 42.2 Å². The van der Waals surface area contributed by atoms with E-state index >= 15 is 0 Å². The Bertz CT molecular complexity index is 780. The minimum Gasteiger partial charge on any atom is -0.508 e. The van der Waals surface area contributed by atoms with Gasteiger partial charge in [0.05, 0.1) is 16.6 Å². The van der Waals surface area contributed by atoms with Gasteiger partial charge in [0.2, 0.25) is 0 Å². The first-order valence-corrected chi connectivity index (χ1v) is 5.70. The fraction of sp³-hybridized carbons (Fsp3) is 0.0714. The number of rotatable bonds is 1. The second kappa shape index (κ2) is 3.98. The van der Waals surface area contributed by atoms with Gasteiger partial charge in [-0.15, -0.1) is 0 Å². The minimum atomic E-state index is -0.336. The highest BCUT2D eigenvalue weighted by molar-refractivity contribution is 5.82. The van der Waals surface area contributed by atoms with Crippen LogP contribution in [0.15, 0.2) is 36.4 Å². The molecule has 0 aliphatic rings. The maximum atomic E-state index is 13.2. The van der Waals surface area contributed by atoms with Gasteiger partial charge in [-0.05, 0) is 30.3 Å². The van der Waals surface area contributed by atoms with E-state index in [1.54, 1.807) is 23.7 Å². The molecular formula is C14H11FN2O2. The van der Waals surface area contributed by atoms with Crippen LogP contribution >= 0.6 is 0 Å². The van der Waals surface area contributed by atoms with Crippen LogP contribution < -0.4 is 0 Å². The van der Waals surface area contributed by atoms with Crippen molar-refractivity contribution in [3.63, 3.8) is 0 Å². The van der Waals surface area contributed by atoms with Crippen LogP contribution in [0.1, 0.15) is 0 Å². The largest absolute Gasteiger partial charge is 0.508 e. The zero-order valence-electron chi connectivity index (χ0n) is 10.1. The van der Waals surface area contributed by atoms with Crippen molar-refractivity contribution in [1.82, 2.24) is 9.55 Å². The van der Waals surface area contributed by atoms with Crippen molar-refractivity contribution >= 4 is 11.0 Å². The average molecular weight is 258 g/mol. The van der Waals surface area contributed by atoms with Gasteiger partial charge in [-0.25, -0.2) is 9.37 Å². The molecule has 2 N–H and O–H groups in total. The fourth-order valence-electron chi connectivity index (χ4n) is 2.11. The predicted octanol–water partition coefficient (Wildman–Crippen LogP) is 2.79. The van der Waals surface area contributed by atoms with Crippen LogP contribution in [0.4, 0.5) is 4.39 Å². The summed E-state index contributed by atoms with van der Waals surface area (Å²) in [7, 11) is 1.75. The van der Waals surface area contributed by atoms with Crippen LogP contribution in [0, 0.1) is 5.82 Å². The molecule has 1 aromatic heterocycles. The van der Waals surface area contributed by atoms with Gasteiger partial charge in [0.1, 0.15) is 23.1 Å². The smallest absolute Gasteiger partial charge is 0.144 e. The summed E-state index contributed by atoms with van der Waals surface area (Å²) in [6.07, 6.45) is 0. The van der Waals surface area contributed by atoms with Gasteiger partial charge in [0, 0.05) is 13.1 Å². The molecular weight excluding hydrogens is 247 g/mol. The van der Waals surface area contributed by atoms with Crippen LogP contribution in [0.25, 0.3) is 22.4 Å². The monoisotopic (exact) mass is 258 g/mol. The van der Waals surface area contributed by atoms with E-state index in [9.17, 15) is 14.6 Å². The predicted molar refractivity (Wildman–Crippen MR) is 69.4 cm³/mol. The van der Waals surface area contributed by atoms with E-state index in [0.717, 1.165) is 0 Å². The zero-order chi connectivity index (χ0) is 13.6. The summed E-state index contributed by atoms with van der Waals surface area (Å²) in [4.78, 5) is 4.37. The number of phenolic OH excluding ortho intramolecular Hbond substituents is 2. The Kier molecular flexibility index (Phi) is 2.41. The molecule has 0 atom stereocenters. The lowest BCUT2D eigenvalue weighted by molar-refractivity contribution is 0.451. The van der Waals surface area contributed by atoms with Gasteiger partial charge in [-0.1, -0.05) is 0 Å². The molecule has 2 aromatic carbocycles. The molecule has 96 valence electrons. The first kappa shape index (κ1) is 11.5. The van der Waals surface area contributed by atoms with E-state index in [1.807, 2.05) is 0 Å². The number of hydrogen-bond acceptors (Lipinski definition) is 3. The Balaban J connectivity index is 2.28. The van der Waals surface area contributed by atoms with E-state index in [2.05, 4.69) is 4.98 Å². The maximum Gasteiger partial charge on any atom is 0.144 e. The Morgan fingerprint density at radius 2 is 1.89 bits per heavy atom. The van der Waals surface area contributed by atoms with Crippen LogP contribution in [-0.4, -0.2) is 19.8 Å². The molecule has 3 aromatic rings. The number of imidazole rings is 1. The number of benzene rings is 2. The zero-order valence-corrected chi connectivity index (χ0v) is 10.1. The Morgan fingerprint density at radius 1 is 1.11 bits per heavy atom. The highest BCUT2D eigenvalue weighted by atomic mass is 19.1. The number of phenols is 2. The van der Waals surface area contributed by atoms with Gasteiger partial charge in [-0.3, -0.25) is 0 Å². The Morgan fingerprint density at radius 3 is 2.63 bits per heavy atom. The fourth-order valence-corrected chi connectivity index (χ4v) is 2.11. The summed E-state index contributed by atoms with van der Waals surface area (Å²) < 4.78 is 14.9. The summed E-state index contributed by atoms with van der Waals surface area (Å²) in [5.74, 6) is 0.0833. The molecule has 19 heavy (non-hydrogen) atoms. The standard InChI is InChI=1S/C14H11FN2O2/c1-17-12-6-8(15)2-5-11(12)16-14(17)10-4-3-9(18)7-13(10)19/h2-7,18-19H,1H3. The van der Waals surface area contributed by atoms with Crippen molar-refractivity contribution in [3.8, 4) is 22.9 Å². The number of aryl methyl sites for hydroxylation is 1. The first-order valence-electron chi connectivity index (χ1n) is 5.70. The average Bonchev–Trinajstić information content (AvgIpc) is 2.67. The van der Waals surface area contributed by atoms with E-state index in [1.165, 1.54) is 24.3 Å². The molecule has 0 saturated carbocycles. The van der Waals surface area contributed by atoms with E-state index in [-0.39, 0.29) is 17.3 Å². The molecule has 0 amide bonds. The first-order chi connectivity index (χ1) is 9.06. The summed E-state index contributed by atoms with van der Waals surface area (Å²) >= 11 is 0. The molecule has 5 heteroatoms. The quantitative estimate of drug-likeness (QED) is 0.705. The summed E-state index contributed by atoms with van der Waals surface area (Å²) in [5, 5.41) is 19.2. The van der Waals surface area contributed by atoms with Gasteiger partial charge >= 0.3 is 0 Å². The highest BCUT2D eigenvalue weighted by Gasteiger charge is 2.14. The molecule has 0 unspecified atom stereocenters. The third kappa shape index (κ3) is 1.79. The lowest BCUT2D eigenvalue weighted by Gasteiger charge is -2.05. The minimum absolute atomic E-state index is 0.0222. The third-order valence-electron chi connectivity index (χ3n) is 3.07.